The molecular weight excluding hydrogens is 308 g/mol. The van der Waals surface area contributed by atoms with Gasteiger partial charge < -0.3 is 10.9 Å². The molecule has 3 rings (SSSR count). The summed E-state index contributed by atoms with van der Waals surface area (Å²) in [4.78, 5) is 0. The van der Waals surface area contributed by atoms with E-state index in [2.05, 4.69) is 26.2 Å². The van der Waals surface area contributed by atoms with Crippen molar-refractivity contribution in [2.45, 2.75) is 18.8 Å². The fraction of sp³-hybridized carbons (Fsp3) is 0.231. The quantitative estimate of drug-likeness (QED) is 0.395. The number of hydrogen-bond acceptors (Lipinski definition) is 3. The van der Waals surface area contributed by atoms with Gasteiger partial charge in [0, 0.05) is 16.6 Å². The minimum Gasteiger partial charge on any atom is -0.409 e. The number of nitrogens with zero attached hydrogens (tertiary/aromatic N) is 3. The van der Waals surface area contributed by atoms with Crippen molar-refractivity contribution in [2.24, 2.45) is 10.9 Å². The molecule has 0 radical (unpaired) electrons. The Bertz CT molecular complexity index is 646. The first-order chi connectivity index (χ1) is 9.20. The summed E-state index contributed by atoms with van der Waals surface area (Å²) < 4.78 is 2.54. The van der Waals surface area contributed by atoms with Crippen LogP contribution in [0.25, 0.3) is 5.69 Å². The second kappa shape index (κ2) is 4.70. The zero-order valence-electron chi connectivity index (χ0n) is 10.1. The van der Waals surface area contributed by atoms with Crippen molar-refractivity contribution in [1.29, 1.82) is 0 Å². The molecule has 1 fully saturated rings. The fourth-order valence-electron chi connectivity index (χ4n) is 2.08. The van der Waals surface area contributed by atoms with Crippen LogP contribution in [0, 0.1) is 0 Å². The van der Waals surface area contributed by atoms with Crippen LogP contribution >= 0.6 is 15.9 Å². The van der Waals surface area contributed by atoms with Gasteiger partial charge in [-0.15, -0.1) is 0 Å². The Hall–Kier alpha value is -1.82. The van der Waals surface area contributed by atoms with Gasteiger partial charge in [-0.2, -0.15) is 5.10 Å². The molecule has 0 atom stereocenters. The number of rotatable bonds is 3. The second-order valence-corrected chi connectivity index (χ2v) is 5.43. The van der Waals surface area contributed by atoms with Gasteiger partial charge in [-0.1, -0.05) is 11.2 Å². The van der Waals surface area contributed by atoms with E-state index in [9.17, 15) is 0 Å². The molecule has 0 aliphatic heterocycles. The first-order valence-electron chi connectivity index (χ1n) is 6.03. The highest BCUT2D eigenvalue weighted by atomic mass is 79.9. The van der Waals surface area contributed by atoms with Crippen molar-refractivity contribution in [2.75, 3.05) is 0 Å². The Kier molecular flexibility index (Phi) is 3.02. The van der Waals surface area contributed by atoms with Crippen LogP contribution in [0.3, 0.4) is 0 Å². The molecule has 98 valence electrons. The molecule has 1 aliphatic carbocycles. The van der Waals surface area contributed by atoms with Crippen LogP contribution in [0.15, 0.2) is 40.1 Å². The normalized spacial score (nSPS) is 15.7. The maximum atomic E-state index is 8.90. The summed E-state index contributed by atoms with van der Waals surface area (Å²) in [6, 6.07) is 7.66. The topological polar surface area (TPSA) is 76.4 Å². The zero-order chi connectivity index (χ0) is 13.4. The summed E-state index contributed by atoms with van der Waals surface area (Å²) in [6.07, 6.45) is 4.33. The number of hydrogen-bond donors (Lipinski definition) is 2. The van der Waals surface area contributed by atoms with Crippen molar-refractivity contribution in [3.63, 3.8) is 0 Å². The molecule has 1 aromatic heterocycles. The molecule has 0 spiro atoms. The van der Waals surface area contributed by atoms with Gasteiger partial charge in [0.2, 0.25) is 0 Å². The van der Waals surface area contributed by atoms with Crippen molar-refractivity contribution < 1.29 is 5.21 Å². The molecule has 0 unspecified atom stereocenters. The molecule has 1 saturated carbocycles. The zero-order valence-corrected chi connectivity index (χ0v) is 11.7. The summed E-state index contributed by atoms with van der Waals surface area (Å²) in [5.41, 5.74) is 8.27. The Morgan fingerprint density at radius 1 is 1.42 bits per heavy atom. The van der Waals surface area contributed by atoms with Gasteiger partial charge in [-0.3, -0.25) is 0 Å². The van der Waals surface area contributed by atoms with Gasteiger partial charge in [-0.25, -0.2) is 4.68 Å². The summed E-state index contributed by atoms with van der Waals surface area (Å²) in [5, 5.41) is 16.5. The Morgan fingerprint density at radius 2 is 2.21 bits per heavy atom. The number of nitrogens with two attached hydrogens (primary N) is 1. The van der Waals surface area contributed by atoms with E-state index in [4.69, 9.17) is 10.9 Å². The highest BCUT2D eigenvalue weighted by Crippen LogP contribution is 2.39. The molecule has 1 heterocycles. The molecule has 3 N–H and O–H groups in total. The van der Waals surface area contributed by atoms with Crippen LogP contribution in [-0.4, -0.2) is 20.8 Å². The molecule has 0 saturated heterocycles. The minimum atomic E-state index is 0.0611. The van der Waals surface area contributed by atoms with Gasteiger partial charge in [-0.05, 0) is 47.0 Å². The van der Waals surface area contributed by atoms with Crippen LogP contribution < -0.4 is 5.73 Å². The average Bonchev–Trinajstić information content (AvgIpc) is 3.15. The highest BCUT2D eigenvalue weighted by Gasteiger charge is 2.26. The van der Waals surface area contributed by atoms with Gasteiger partial charge in [0.05, 0.1) is 16.9 Å². The smallest absolute Gasteiger partial charge is 0.173 e. The van der Waals surface area contributed by atoms with Gasteiger partial charge in [0.15, 0.2) is 5.84 Å². The van der Waals surface area contributed by atoms with E-state index in [1.54, 1.807) is 4.68 Å². The molecule has 6 heteroatoms. The minimum absolute atomic E-state index is 0.0611. The van der Waals surface area contributed by atoms with Crippen molar-refractivity contribution in [3.8, 4) is 5.69 Å². The molecular formula is C13H13BrN4O. The van der Waals surface area contributed by atoms with Gasteiger partial charge >= 0.3 is 0 Å². The van der Waals surface area contributed by atoms with E-state index in [1.807, 2.05) is 30.5 Å². The maximum absolute atomic E-state index is 8.90. The number of halogens is 1. The standard InChI is InChI=1S/C13H13BrN4O/c14-9-2-1-3-11(12(9)13(15)17-19)18-7-6-10(16-18)8-4-5-8/h1-3,6-8,19H,4-5H2,(H2,15,17). The first kappa shape index (κ1) is 12.2. The molecule has 19 heavy (non-hydrogen) atoms. The Labute approximate surface area is 118 Å². The predicted molar refractivity (Wildman–Crippen MR) is 75.7 cm³/mol. The van der Waals surface area contributed by atoms with Crippen LogP contribution in [0.2, 0.25) is 0 Å². The molecule has 0 amide bonds. The lowest BCUT2D eigenvalue weighted by Crippen LogP contribution is -2.17. The SMILES string of the molecule is N/C(=N/O)c1c(Br)cccc1-n1ccc(C2CC2)n1. The lowest BCUT2D eigenvalue weighted by Gasteiger charge is -2.10. The van der Waals surface area contributed by atoms with Crippen molar-refractivity contribution >= 4 is 21.8 Å². The van der Waals surface area contributed by atoms with Crippen LogP contribution in [0.1, 0.15) is 30.0 Å². The first-order valence-corrected chi connectivity index (χ1v) is 6.82. The largest absolute Gasteiger partial charge is 0.409 e. The summed E-state index contributed by atoms with van der Waals surface area (Å²) in [5.74, 6) is 0.659. The van der Waals surface area contributed by atoms with E-state index >= 15 is 0 Å². The number of oxime groups is 1. The highest BCUT2D eigenvalue weighted by molar-refractivity contribution is 9.10. The fourth-order valence-corrected chi connectivity index (χ4v) is 2.64. The lowest BCUT2D eigenvalue weighted by atomic mass is 10.1. The van der Waals surface area contributed by atoms with Crippen LogP contribution in [-0.2, 0) is 0 Å². The maximum Gasteiger partial charge on any atom is 0.173 e. The van der Waals surface area contributed by atoms with Crippen molar-refractivity contribution in [1.82, 2.24) is 9.78 Å². The number of aromatic nitrogens is 2. The van der Waals surface area contributed by atoms with Crippen LogP contribution in [0.4, 0.5) is 0 Å². The third-order valence-corrected chi connectivity index (χ3v) is 3.87. The third kappa shape index (κ3) is 2.23. The Balaban J connectivity index is 2.10. The van der Waals surface area contributed by atoms with E-state index in [-0.39, 0.29) is 5.84 Å². The average molecular weight is 321 g/mol. The van der Waals surface area contributed by atoms with Gasteiger partial charge in [0.25, 0.3) is 0 Å². The molecule has 0 bridgehead atoms. The van der Waals surface area contributed by atoms with E-state index in [0.29, 0.717) is 11.5 Å². The number of benzene rings is 1. The second-order valence-electron chi connectivity index (χ2n) is 4.58. The Morgan fingerprint density at radius 3 is 2.89 bits per heavy atom. The molecule has 2 aromatic rings. The summed E-state index contributed by atoms with van der Waals surface area (Å²) >= 11 is 3.42. The van der Waals surface area contributed by atoms with Gasteiger partial charge in [0.1, 0.15) is 0 Å². The van der Waals surface area contributed by atoms with E-state index in [1.165, 1.54) is 12.8 Å². The monoisotopic (exact) mass is 320 g/mol. The molecule has 1 aromatic carbocycles. The van der Waals surface area contributed by atoms with E-state index < -0.39 is 0 Å². The van der Waals surface area contributed by atoms with Crippen molar-refractivity contribution in [3.05, 3.63) is 46.2 Å². The third-order valence-electron chi connectivity index (χ3n) is 3.21. The summed E-state index contributed by atoms with van der Waals surface area (Å²) in [7, 11) is 0. The predicted octanol–water partition coefficient (Wildman–Crippen LogP) is 2.61. The van der Waals surface area contributed by atoms with E-state index in [0.717, 1.165) is 15.9 Å². The lowest BCUT2D eigenvalue weighted by molar-refractivity contribution is 0.318. The summed E-state index contributed by atoms with van der Waals surface area (Å²) in [6.45, 7) is 0. The van der Waals surface area contributed by atoms with Crippen LogP contribution in [0.5, 0.6) is 0 Å². The number of amidine groups is 1. The molecule has 5 nitrogen and oxygen atoms in total. The molecule has 1 aliphatic rings.